The number of aromatic hydroxyl groups is 1. The molecule has 39 heavy (non-hydrogen) atoms. The molecule has 1 heterocycles. The number of anilines is 1. The third kappa shape index (κ3) is 6.99. The van der Waals surface area contributed by atoms with Gasteiger partial charge in [-0.3, -0.25) is 4.79 Å². The molecule has 8 heteroatoms. The van der Waals surface area contributed by atoms with Crippen LogP contribution in [0.15, 0.2) is 53.3 Å². The van der Waals surface area contributed by atoms with E-state index in [-0.39, 0.29) is 17.3 Å². The highest BCUT2D eigenvalue weighted by atomic mass is 16.3. The summed E-state index contributed by atoms with van der Waals surface area (Å²) in [5.41, 5.74) is 2.50. The number of benzene rings is 2. The number of hydrogen-bond donors (Lipinski definition) is 6. The van der Waals surface area contributed by atoms with Crippen molar-refractivity contribution in [1.29, 1.82) is 0 Å². The van der Waals surface area contributed by atoms with Crippen LogP contribution in [0.1, 0.15) is 56.3 Å². The van der Waals surface area contributed by atoms with Gasteiger partial charge in [0.25, 0.3) is 0 Å². The summed E-state index contributed by atoms with van der Waals surface area (Å²) in [6.45, 7) is 4.08. The lowest BCUT2D eigenvalue weighted by Gasteiger charge is -2.41. The molecule has 0 saturated heterocycles. The Labute approximate surface area is 229 Å². The Balaban J connectivity index is 1.06. The number of carbonyl (C=O) groups is 1. The lowest BCUT2D eigenvalue weighted by Crippen LogP contribution is -2.38. The van der Waals surface area contributed by atoms with Crippen molar-refractivity contribution in [3.8, 4) is 5.75 Å². The minimum Gasteiger partial charge on any atom is -0.506 e. The summed E-state index contributed by atoms with van der Waals surface area (Å²) < 4.78 is 0. The first-order valence-electron chi connectivity index (χ1n) is 14.2. The van der Waals surface area contributed by atoms with Crippen LogP contribution in [0.25, 0.3) is 10.9 Å². The van der Waals surface area contributed by atoms with Gasteiger partial charge in [0, 0.05) is 30.2 Å². The average molecular weight is 533 g/mol. The van der Waals surface area contributed by atoms with Gasteiger partial charge in [-0.05, 0) is 104 Å². The van der Waals surface area contributed by atoms with E-state index in [9.17, 15) is 19.8 Å². The number of rotatable bonds is 9. The molecule has 3 aromatic rings. The molecule has 3 atom stereocenters. The van der Waals surface area contributed by atoms with Crippen LogP contribution in [0.4, 0.5) is 10.5 Å². The van der Waals surface area contributed by atoms with Crippen molar-refractivity contribution in [2.75, 3.05) is 25.0 Å². The van der Waals surface area contributed by atoms with Gasteiger partial charge in [0.15, 0.2) is 0 Å². The quantitative estimate of drug-likeness (QED) is 0.223. The van der Waals surface area contributed by atoms with Gasteiger partial charge in [-0.15, -0.1) is 0 Å². The highest BCUT2D eigenvalue weighted by Gasteiger charge is 2.34. The van der Waals surface area contributed by atoms with Crippen LogP contribution in [0.3, 0.4) is 0 Å². The van der Waals surface area contributed by atoms with Gasteiger partial charge in [-0.2, -0.15) is 0 Å². The van der Waals surface area contributed by atoms with E-state index in [4.69, 9.17) is 0 Å². The van der Waals surface area contributed by atoms with Crippen molar-refractivity contribution in [3.05, 3.63) is 70.0 Å². The number of urea groups is 1. The van der Waals surface area contributed by atoms with Gasteiger partial charge in [-0.25, -0.2) is 4.79 Å². The van der Waals surface area contributed by atoms with E-state index in [1.807, 2.05) is 24.3 Å². The minimum atomic E-state index is -0.803. The average Bonchev–Trinajstić information content (AvgIpc) is 2.90. The van der Waals surface area contributed by atoms with Crippen molar-refractivity contribution in [2.24, 2.45) is 23.7 Å². The van der Waals surface area contributed by atoms with E-state index >= 15 is 0 Å². The zero-order chi connectivity index (χ0) is 27.4. The van der Waals surface area contributed by atoms with Crippen LogP contribution in [0.2, 0.25) is 0 Å². The number of aliphatic hydroxyl groups excluding tert-OH is 1. The van der Waals surface area contributed by atoms with Gasteiger partial charge < -0.3 is 31.1 Å². The van der Waals surface area contributed by atoms with Crippen LogP contribution >= 0.6 is 0 Å². The fraction of sp³-hybridized carbons (Fsp3) is 0.484. The van der Waals surface area contributed by atoms with Crippen LogP contribution in [0.5, 0.6) is 5.75 Å². The number of phenolic OH excluding ortho intramolecular Hbond substituents is 1. The monoisotopic (exact) mass is 532 g/mol. The number of carbonyl (C=O) groups excluding carboxylic acids is 1. The van der Waals surface area contributed by atoms with Crippen molar-refractivity contribution >= 4 is 22.6 Å². The molecule has 0 aliphatic heterocycles. The molecule has 2 aliphatic rings. The van der Waals surface area contributed by atoms with Crippen LogP contribution < -0.4 is 21.5 Å². The van der Waals surface area contributed by atoms with Gasteiger partial charge in [0.05, 0.1) is 11.6 Å². The van der Waals surface area contributed by atoms with Crippen molar-refractivity contribution in [1.82, 2.24) is 15.6 Å². The van der Waals surface area contributed by atoms with Gasteiger partial charge >= 0.3 is 6.03 Å². The molecule has 3 unspecified atom stereocenters. The molecular weight excluding hydrogens is 492 g/mol. The molecule has 0 radical (unpaired) electrons. The lowest BCUT2D eigenvalue weighted by molar-refractivity contribution is 0.104. The maximum atomic E-state index is 12.6. The van der Waals surface area contributed by atoms with Crippen LogP contribution in [-0.2, 0) is 6.42 Å². The van der Waals surface area contributed by atoms with Crippen LogP contribution in [0, 0.1) is 23.7 Å². The SMILES string of the molecule is CC1CC2CC(CNC(=O)Nc3cccc(CCNCC(O)c4ccc(O)c5[nH]c(=O)ccc45)c3)CC(C1)C2. The number of nitrogens with one attached hydrogen (secondary N) is 4. The van der Waals surface area contributed by atoms with E-state index in [0.717, 1.165) is 42.0 Å². The summed E-state index contributed by atoms with van der Waals surface area (Å²) in [4.78, 5) is 26.8. The number of amides is 2. The zero-order valence-electron chi connectivity index (χ0n) is 22.6. The summed E-state index contributed by atoms with van der Waals surface area (Å²) in [6.07, 6.45) is 6.47. The molecule has 1 aromatic heterocycles. The van der Waals surface area contributed by atoms with E-state index < -0.39 is 6.10 Å². The molecule has 2 bridgehead atoms. The number of pyridine rings is 1. The molecule has 2 aromatic carbocycles. The van der Waals surface area contributed by atoms with Crippen molar-refractivity contribution in [2.45, 2.75) is 51.6 Å². The van der Waals surface area contributed by atoms with Gasteiger partial charge in [0.1, 0.15) is 5.75 Å². The smallest absolute Gasteiger partial charge is 0.319 e. The predicted molar refractivity (Wildman–Crippen MR) is 154 cm³/mol. The maximum absolute atomic E-state index is 12.6. The topological polar surface area (TPSA) is 126 Å². The van der Waals surface area contributed by atoms with Crippen molar-refractivity contribution in [3.63, 3.8) is 0 Å². The molecule has 5 rings (SSSR count). The number of H-pyrrole nitrogens is 1. The first-order valence-corrected chi connectivity index (χ1v) is 14.2. The Kier molecular flexibility index (Phi) is 8.53. The summed E-state index contributed by atoms with van der Waals surface area (Å²) in [5.74, 6) is 3.08. The second-order valence-electron chi connectivity index (χ2n) is 11.7. The fourth-order valence-electron chi connectivity index (χ4n) is 6.84. The van der Waals surface area contributed by atoms with E-state index in [2.05, 4.69) is 27.9 Å². The van der Waals surface area contributed by atoms with E-state index in [1.165, 1.54) is 44.2 Å². The standard InChI is InChI=1S/C31H40N4O4/c1-19-11-21-13-22(12-19)15-23(14-21)17-33-31(39)34-24-4-2-3-20(16-24)9-10-32-18-28(37)25-5-7-27(36)30-26(25)6-8-29(38)35-30/h2-8,16,19,21-23,28,32,36-37H,9-15,17-18H2,1H3,(H,35,38)(H2,33,34,39). The minimum absolute atomic E-state index is 0.0280. The second-order valence-corrected chi connectivity index (χ2v) is 11.7. The number of phenols is 1. The number of aliphatic hydroxyl groups is 1. The molecule has 6 N–H and O–H groups in total. The number of hydrogen-bond acceptors (Lipinski definition) is 5. The fourth-order valence-corrected chi connectivity index (χ4v) is 6.84. The lowest BCUT2D eigenvalue weighted by atomic mass is 9.65. The molecule has 2 saturated carbocycles. The molecule has 2 amide bonds. The maximum Gasteiger partial charge on any atom is 0.319 e. The predicted octanol–water partition coefficient (Wildman–Crippen LogP) is 4.68. The summed E-state index contributed by atoms with van der Waals surface area (Å²) in [5, 5.41) is 30.7. The van der Waals surface area contributed by atoms with Crippen molar-refractivity contribution < 1.29 is 15.0 Å². The third-order valence-corrected chi connectivity index (χ3v) is 8.40. The molecule has 2 fully saturated rings. The largest absolute Gasteiger partial charge is 0.506 e. The second kappa shape index (κ2) is 12.2. The van der Waals surface area contributed by atoms with Gasteiger partial charge in [-0.1, -0.05) is 25.1 Å². The Bertz CT molecular complexity index is 1340. The summed E-state index contributed by atoms with van der Waals surface area (Å²) in [6, 6.07) is 13.8. The highest BCUT2D eigenvalue weighted by Crippen LogP contribution is 2.44. The Hall–Kier alpha value is -3.36. The highest BCUT2D eigenvalue weighted by molar-refractivity contribution is 5.89. The summed E-state index contributed by atoms with van der Waals surface area (Å²) >= 11 is 0. The molecule has 0 spiro atoms. The first-order chi connectivity index (χ1) is 18.8. The van der Waals surface area contributed by atoms with E-state index in [0.29, 0.717) is 35.5 Å². The first kappa shape index (κ1) is 27.2. The molecule has 208 valence electrons. The number of fused-ring (bicyclic) bond motifs is 3. The van der Waals surface area contributed by atoms with Gasteiger partial charge in [0.2, 0.25) is 5.56 Å². The Morgan fingerprint density at radius 3 is 2.64 bits per heavy atom. The molecule has 8 nitrogen and oxygen atoms in total. The zero-order valence-corrected chi connectivity index (χ0v) is 22.6. The van der Waals surface area contributed by atoms with E-state index in [1.54, 1.807) is 12.1 Å². The number of aromatic nitrogens is 1. The number of aromatic amines is 1. The molecule has 2 aliphatic carbocycles. The summed E-state index contributed by atoms with van der Waals surface area (Å²) in [7, 11) is 0. The van der Waals surface area contributed by atoms with Crippen LogP contribution in [-0.4, -0.2) is 40.9 Å². The normalized spacial score (nSPS) is 23.3. The Morgan fingerprint density at radius 2 is 1.85 bits per heavy atom. The Morgan fingerprint density at radius 1 is 1.05 bits per heavy atom. The molecular formula is C31H40N4O4. The third-order valence-electron chi connectivity index (χ3n) is 8.40.